The van der Waals surface area contributed by atoms with Crippen LogP contribution in [-0.4, -0.2) is 32.8 Å². The van der Waals surface area contributed by atoms with Crippen LogP contribution in [0.15, 0.2) is 30.3 Å². The van der Waals surface area contributed by atoms with Crippen LogP contribution in [0.25, 0.3) is 0 Å². The number of nitrogens with one attached hydrogen (secondary N) is 2. The van der Waals surface area contributed by atoms with E-state index in [4.69, 9.17) is 16.3 Å². The fourth-order valence-corrected chi connectivity index (χ4v) is 2.97. The molecule has 0 aliphatic carbocycles. The molecule has 6 nitrogen and oxygen atoms in total. The molecule has 0 unspecified atom stereocenters. The van der Waals surface area contributed by atoms with Crippen molar-refractivity contribution in [2.75, 3.05) is 25.6 Å². The Morgan fingerprint density at radius 2 is 1.93 bits per heavy atom. The van der Waals surface area contributed by atoms with Gasteiger partial charge in [-0.15, -0.1) is 0 Å². The summed E-state index contributed by atoms with van der Waals surface area (Å²) in [7, 11) is 1.32. The number of hydrogen-bond acceptors (Lipinski definition) is 4. The van der Waals surface area contributed by atoms with Crippen molar-refractivity contribution in [1.29, 1.82) is 0 Å². The van der Waals surface area contributed by atoms with Gasteiger partial charge >= 0.3 is 6.09 Å². The zero-order valence-electron chi connectivity index (χ0n) is 15.6. The second-order valence-electron chi connectivity index (χ2n) is 6.03. The van der Waals surface area contributed by atoms with Crippen molar-refractivity contribution < 1.29 is 19.1 Å². The third kappa shape index (κ3) is 5.62. The highest BCUT2D eigenvalue weighted by Crippen LogP contribution is 2.35. The standard InChI is InChI=1S/C20H23ClN2O4/c1-13-10-16(14(2)18(21)19(13)27-9-8-22-12-24)11-15-4-6-17(7-5-15)23-20(25)26-3/h4-7,10,12H,8-9,11H2,1-3H3,(H,22,24)(H,23,25). The third-order valence-electron chi connectivity index (χ3n) is 4.12. The van der Waals surface area contributed by atoms with Gasteiger partial charge < -0.3 is 14.8 Å². The van der Waals surface area contributed by atoms with Crippen molar-refractivity contribution in [3.8, 4) is 5.75 Å². The van der Waals surface area contributed by atoms with Gasteiger partial charge in [-0.05, 0) is 54.7 Å². The van der Waals surface area contributed by atoms with Crippen molar-refractivity contribution in [2.45, 2.75) is 20.3 Å². The van der Waals surface area contributed by atoms with Crippen LogP contribution in [0.2, 0.25) is 5.02 Å². The smallest absolute Gasteiger partial charge is 0.411 e. The lowest BCUT2D eigenvalue weighted by molar-refractivity contribution is -0.109. The molecular weight excluding hydrogens is 368 g/mol. The first-order valence-electron chi connectivity index (χ1n) is 8.48. The Labute approximate surface area is 163 Å². The highest BCUT2D eigenvalue weighted by atomic mass is 35.5. The number of carbonyl (C=O) groups is 2. The molecule has 0 aliphatic heterocycles. The molecule has 2 amide bonds. The van der Waals surface area contributed by atoms with Gasteiger partial charge in [0, 0.05) is 5.69 Å². The average Bonchev–Trinajstić information content (AvgIpc) is 2.66. The molecule has 2 aromatic carbocycles. The molecule has 0 bridgehead atoms. The van der Waals surface area contributed by atoms with Crippen molar-refractivity contribution in [2.24, 2.45) is 0 Å². The van der Waals surface area contributed by atoms with Gasteiger partial charge in [0.2, 0.25) is 6.41 Å². The van der Waals surface area contributed by atoms with E-state index in [0.29, 0.717) is 42.4 Å². The maximum Gasteiger partial charge on any atom is 0.411 e. The summed E-state index contributed by atoms with van der Waals surface area (Å²) in [6.07, 6.45) is 0.843. The van der Waals surface area contributed by atoms with Crippen molar-refractivity contribution in [3.63, 3.8) is 0 Å². The Balaban J connectivity index is 2.12. The van der Waals surface area contributed by atoms with E-state index in [1.165, 1.54) is 7.11 Å². The minimum atomic E-state index is -0.500. The molecule has 27 heavy (non-hydrogen) atoms. The summed E-state index contributed by atoms with van der Waals surface area (Å²) in [5.74, 6) is 0.642. The zero-order chi connectivity index (χ0) is 19.8. The number of hydrogen-bond donors (Lipinski definition) is 2. The van der Waals surface area contributed by atoms with Crippen molar-refractivity contribution in [3.05, 3.63) is 57.6 Å². The molecule has 0 radical (unpaired) electrons. The van der Waals surface area contributed by atoms with Crippen LogP contribution in [0.5, 0.6) is 5.75 Å². The number of aryl methyl sites for hydroxylation is 1. The highest BCUT2D eigenvalue weighted by Gasteiger charge is 2.13. The SMILES string of the molecule is COC(=O)Nc1ccc(Cc2cc(C)c(OCCNC=O)c(Cl)c2C)cc1. The summed E-state index contributed by atoms with van der Waals surface area (Å²) >= 11 is 6.50. The lowest BCUT2D eigenvalue weighted by atomic mass is 9.97. The van der Waals surface area contributed by atoms with Crippen LogP contribution < -0.4 is 15.4 Å². The number of carbonyl (C=O) groups excluding carboxylic acids is 2. The predicted octanol–water partition coefficient (Wildman–Crippen LogP) is 3.85. The summed E-state index contributed by atoms with van der Waals surface area (Å²) < 4.78 is 10.3. The Morgan fingerprint density at radius 1 is 1.22 bits per heavy atom. The number of methoxy groups -OCH3 is 1. The molecule has 0 saturated carbocycles. The fraction of sp³-hybridized carbons (Fsp3) is 0.300. The summed E-state index contributed by atoms with van der Waals surface area (Å²) in [5.41, 5.74) is 4.76. The van der Waals surface area contributed by atoms with E-state index < -0.39 is 6.09 Å². The Morgan fingerprint density at radius 3 is 2.56 bits per heavy atom. The largest absolute Gasteiger partial charge is 0.490 e. The van der Waals surface area contributed by atoms with Gasteiger partial charge in [-0.2, -0.15) is 0 Å². The molecule has 2 aromatic rings. The molecule has 2 rings (SSSR count). The Kier molecular flexibility index (Phi) is 7.49. The summed E-state index contributed by atoms with van der Waals surface area (Å²) in [6.45, 7) is 4.68. The van der Waals surface area contributed by atoms with Crippen LogP contribution in [0.1, 0.15) is 22.3 Å². The molecule has 144 valence electrons. The Hall–Kier alpha value is -2.73. The monoisotopic (exact) mass is 390 g/mol. The molecule has 7 heteroatoms. The van der Waals surface area contributed by atoms with E-state index in [0.717, 1.165) is 22.3 Å². The molecule has 0 heterocycles. The number of ether oxygens (including phenoxy) is 2. The maximum atomic E-state index is 11.2. The minimum absolute atomic E-state index is 0.354. The molecule has 0 aromatic heterocycles. The molecule has 0 saturated heterocycles. The second kappa shape index (κ2) is 9.83. The van der Waals surface area contributed by atoms with Gasteiger partial charge in [0.15, 0.2) is 0 Å². The van der Waals surface area contributed by atoms with Crippen LogP contribution in [0.4, 0.5) is 10.5 Å². The van der Waals surface area contributed by atoms with Crippen LogP contribution in [0, 0.1) is 13.8 Å². The molecule has 0 atom stereocenters. The third-order valence-corrected chi connectivity index (χ3v) is 4.57. The summed E-state index contributed by atoms with van der Waals surface area (Å²) in [4.78, 5) is 21.5. The average molecular weight is 391 g/mol. The van der Waals surface area contributed by atoms with E-state index in [1.807, 2.05) is 38.1 Å². The number of benzene rings is 2. The molecule has 2 N–H and O–H groups in total. The van der Waals surface area contributed by atoms with Crippen LogP contribution in [0.3, 0.4) is 0 Å². The first kappa shape index (κ1) is 20.6. The molecular formula is C20H23ClN2O4. The maximum absolute atomic E-state index is 11.2. The number of halogens is 1. The van der Waals surface area contributed by atoms with Gasteiger partial charge in [0.25, 0.3) is 0 Å². The van der Waals surface area contributed by atoms with Gasteiger partial charge in [-0.3, -0.25) is 10.1 Å². The summed E-state index contributed by atoms with van der Waals surface area (Å²) in [6, 6.07) is 9.61. The van der Waals surface area contributed by atoms with Gasteiger partial charge in [-0.25, -0.2) is 4.79 Å². The number of anilines is 1. The highest BCUT2D eigenvalue weighted by molar-refractivity contribution is 6.33. The van der Waals surface area contributed by atoms with E-state index in [2.05, 4.69) is 21.4 Å². The van der Waals surface area contributed by atoms with E-state index in [9.17, 15) is 9.59 Å². The zero-order valence-corrected chi connectivity index (χ0v) is 16.4. The van der Waals surface area contributed by atoms with Crippen molar-refractivity contribution in [1.82, 2.24) is 5.32 Å². The normalized spacial score (nSPS) is 10.2. The minimum Gasteiger partial charge on any atom is -0.490 e. The molecule has 0 aliphatic rings. The first-order valence-corrected chi connectivity index (χ1v) is 8.86. The fourth-order valence-electron chi connectivity index (χ4n) is 2.65. The number of rotatable bonds is 8. The molecule has 0 spiro atoms. The van der Waals surface area contributed by atoms with Gasteiger partial charge in [-0.1, -0.05) is 29.8 Å². The lowest BCUT2D eigenvalue weighted by Crippen LogP contribution is -2.19. The second-order valence-corrected chi connectivity index (χ2v) is 6.41. The van der Waals surface area contributed by atoms with E-state index in [1.54, 1.807) is 0 Å². The predicted molar refractivity (Wildman–Crippen MR) is 106 cm³/mol. The number of amides is 2. The topological polar surface area (TPSA) is 76.7 Å². The summed E-state index contributed by atoms with van der Waals surface area (Å²) in [5, 5.41) is 5.76. The quantitative estimate of drug-likeness (QED) is 0.530. The van der Waals surface area contributed by atoms with Crippen LogP contribution in [-0.2, 0) is 16.0 Å². The van der Waals surface area contributed by atoms with E-state index >= 15 is 0 Å². The molecule has 0 fully saturated rings. The van der Waals surface area contributed by atoms with E-state index in [-0.39, 0.29) is 0 Å². The van der Waals surface area contributed by atoms with Crippen molar-refractivity contribution >= 4 is 29.8 Å². The first-order chi connectivity index (χ1) is 13.0. The Bertz CT molecular complexity index is 807. The van der Waals surface area contributed by atoms with Crippen LogP contribution >= 0.6 is 11.6 Å². The van der Waals surface area contributed by atoms with Gasteiger partial charge in [0.05, 0.1) is 18.7 Å². The lowest BCUT2D eigenvalue weighted by Gasteiger charge is -2.16. The van der Waals surface area contributed by atoms with Gasteiger partial charge in [0.1, 0.15) is 12.4 Å².